The zero-order valence-corrected chi connectivity index (χ0v) is 18.0. The number of hydrogen-bond acceptors (Lipinski definition) is 7. The van der Waals surface area contributed by atoms with Crippen LogP contribution in [0.3, 0.4) is 0 Å². The molecule has 2 aromatic carbocycles. The number of esters is 1. The maximum absolute atomic E-state index is 12.5. The summed E-state index contributed by atoms with van der Waals surface area (Å²) in [5.41, 5.74) is -3.72. The van der Waals surface area contributed by atoms with Gasteiger partial charge in [-0.1, -0.05) is 30.3 Å². The van der Waals surface area contributed by atoms with Gasteiger partial charge in [-0.05, 0) is 29.8 Å². The number of nitrogens with zero attached hydrogens (tertiary/aromatic N) is 2. The van der Waals surface area contributed by atoms with Crippen molar-refractivity contribution in [1.29, 1.82) is 0 Å². The summed E-state index contributed by atoms with van der Waals surface area (Å²) in [6.07, 6.45) is 1.67. The van der Waals surface area contributed by atoms with Gasteiger partial charge in [0, 0.05) is 18.1 Å². The number of aromatic nitrogens is 2. The topological polar surface area (TPSA) is 112 Å². The van der Waals surface area contributed by atoms with Crippen molar-refractivity contribution in [3.8, 4) is 17.0 Å². The standard InChI is InChI=1S/C21H18F3N3O5S/c1-31-20(28)18(11-14-5-3-2-4-6-14)27-19-12-17(25-13-26-19)15-7-9-16(10-8-15)32-33(29,30)21(22,23)24/h2-10,12-13,18H,11H2,1H3,(H,25,26,27)/p+1. The summed E-state index contributed by atoms with van der Waals surface area (Å²) in [6.45, 7) is 0. The van der Waals surface area contributed by atoms with Crippen molar-refractivity contribution in [1.82, 2.24) is 9.97 Å². The maximum atomic E-state index is 12.5. The van der Waals surface area contributed by atoms with Crippen LogP contribution in [0.1, 0.15) is 5.56 Å². The number of halogens is 3. The van der Waals surface area contributed by atoms with Crippen molar-refractivity contribution in [2.75, 3.05) is 12.4 Å². The van der Waals surface area contributed by atoms with Crippen LogP contribution in [0.5, 0.6) is 5.75 Å². The lowest BCUT2D eigenvalue weighted by Gasteiger charge is -2.14. The first-order valence-corrected chi connectivity index (χ1v) is 10.8. The minimum absolute atomic E-state index is 0.244. The van der Waals surface area contributed by atoms with Gasteiger partial charge < -0.3 is 19.0 Å². The fourth-order valence-corrected chi connectivity index (χ4v) is 3.28. The number of ether oxygens (including phenoxy) is 1. The van der Waals surface area contributed by atoms with Crippen LogP contribution in [-0.4, -0.2) is 47.8 Å². The Kier molecular flexibility index (Phi) is 7.16. The van der Waals surface area contributed by atoms with Crippen LogP contribution in [0, 0.1) is 0 Å². The molecule has 33 heavy (non-hydrogen) atoms. The molecule has 1 unspecified atom stereocenters. The van der Waals surface area contributed by atoms with Gasteiger partial charge in [0.1, 0.15) is 17.9 Å². The van der Waals surface area contributed by atoms with E-state index in [1.807, 2.05) is 30.3 Å². The van der Waals surface area contributed by atoms with E-state index in [1.165, 1.54) is 25.6 Å². The highest BCUT2D eigenvalue weighted by molar-refractivity contribution is 7.88. The summed E-state index contributed by atoms with van der Waals surface area (Å²) < 4.78 is 68.7. The van der Waals surface area contributed by atoms with Crippen molar-refractivity contribution in [2.45, 2.75) is 18.0 Å². The normalized spacial score (nSPS) is 12.6. The predicted molar refractivity (Wildman–Crippen MR) is 115 cm³/mol. The highest BCUT2D eigenvalue weighted by atomic mass is 32.2. The third kappa shape index (κ3) is 6.19. The van der Waals surface area contributed by atoms with E-state index in [4.69, 9.17) is 4.74 Å². The van der Waals surface area contributed by atoms with Gasteiger partial charge >= 0.3 is 21.6 Å². The second-order valence-corrected chi connectivity index (χ2v) is 8.26. The van der Waals surface area contributed by atoms with Gasteiger partial charge in [-0.2, -0.15) is 21.6 Å². The van der Waals surface area contributed by atoms with Crippen molar-refractivity contribution < 1.29 is 35.3 Å². The van der Waals surface area contributed by atoms with Crippen LogP contribution in [0.25, 0.3) is 11.3 Å². The number of benzene rings is 2. The van der Waals surface area contributed by atoms with E-state index in [0.717, 1.165) is 17.7 Å². The van der Waals surface area contributed by atoms with Gasteiger partial charge in [-0.25, -0.2) is 9.97 Å². The second kappa shape index (κ2) is 9.86. The van der Waals surface area contributed by atoms with Crippen molar-refractivity contribution in [3.05, 3.63) is 72.6 Å². The molecular formula is C21H19F3N3O5S+. The average molecular weight is 482 g/mol. The first kappa shape index (κ1) is 24.0. The number of rotatable bonds is 8. The number of nitrogens with one attached hydrogen (secondary N) is 1. The van der Waals surface area contributed by atoms with Crippen LogP contribution < -0.4 is 9.50 Å². The summed E-state index contributed by atoms with van der Waals surface area (Å²) >= 11 is 0. The van der Waals surface area contributed by atoms with E-state index in [0.29, 0.717) is 23.5 Å². The Bertz CT molecular complexity index is 1200. The molecule has 1 heterocycles. The van der Waals surface area contributed by atoms with Crippen LogP contribution in [0.2, 0.25) is 0 Å². The molecule has 8 nitrogen and oxygen atoms in total. The molecule has 1 atom stereocenters. The van der Waals surface area contributed by atoms with E-state index in [2.05, 4.69) is 19.5 Å². The van der Waals surface area contributed by atoms with E-state index < -0.39 is 27.4 Å². The summed E-state index contributed by atoms with van der Waals surface area (Å²) in [5.74, 6) is -0.387. The quantitative estimate of drug-likeness (QED) is 0.226. The first-order valence-electron chi connectivity index (χ1n) is 9.42. The average Bonchev–Trinajstić information content (AvgIpc) is 2.78. The molecule has 174 valence electrons. The van der Waals surface area contributed by atoms with Gasteiger partial charge in [0.15, 0.2) is 13.2 Å². The molecule has 12 heteroatoms. The van der Waals surface area contributed by atoms with Crippen molar-refractivity contribution in [2.24, 2.45) is 0 Å². The Hall–Kier alpha value is -3.67. The van der Waals surface area contributed by atoms with E-state index in [1.54, 1.807) is 6.07 Å². The number of alkyl halides is 3. The molecule has 0 aliphatic rings. The number of methoxy groups -OCH3 is 1. The van der Waals surface area contributed by atoms with Crippen molar-refractivity contribution >= 4 is 21.9 Å². The Morgan fingerprint density at radius 1 is 1.09 bits per heavy atom. The molecule has 1 aromatic heterocycles. The summed E-state index contributed by atoms with van der Waals surface area (Å²) in [4.78, 5) is 18.4. The van der Waals surface area contributed by atoms with Crippen molar-refractivity contribution in [3.63, 3.8) is 0 Å². The Morgan fingerprint density at radius 2 is 1.76 bits per heavy atom. The van der Waals surface area contributed by atoms with E-state index in [-0.39, 0.29) is 5.97 Å². The van der Waals surface area contributed by atoms with Gasteiger partial charge in [0.2, 0.25) is 0 Å². The third-order valence-electron chi connectivity index (χ3n) is 4.42. The predicted octanol–water partition coefficient (Wildman–Crippen LogP) is 3.54. The lowest BCUT2D eigenvalue weighted by molar-refractivity contribution is -0.0500. The Labute approximate surface area is 187 Å². The lowest BCUT2D eigenvalue weighted by atomic mass is 10.1. The molecule has 0 bridgehead atoms. The molecular weight excluding hydrogens is 463 g/mol. The maximum Gasteiger partial charge on any atom is 0.534 e. The number of anilines is 1. The van der Waals surface area contributed by atoms with E-state index in [9.17, 15) is 26.4 Å². The molecule has 0 saturated heterocycles. The minimum Gasteiger partial charge on any atom is -0.376 e. The molecule has 0 amide bonds. The molecule has 3 aromatic rings. The van der Waals surface area contributed by atoms with Gasteiger partial charge in [0.25, 0.3) is 0 Å². The zero-order valence-electron chi connectivity index (χ0n) is 17.2. The van der Waals surface area contributed by atoms with Gasteiger partial charge in [-0.3, -0.25) is 0 Å². The monoisotopic (exact) mass is 482 g/mol. The fraction of sp³-hybridized carbons (Fsp3) is 0.190. The largest absolute Gasteiger partial charge is 0.534 e. The molecule has 0 radical (unpaired) electrons. The fourth-order valence-electron chi connectivity index (χ4n) is 2.82. The minimum atomic E-state index is -5.76. The second-order valence-electron chi connectivity index (χ2n) is 6.73. The molecule has 3 rings (SSSR count). The Morgan fingerprint density at radius 3 is 2.36 bits per heavy atom. The van der Waals surface area contributed by atoms with Gasteiger partial charge in [0.05, 0.1) is 5.69 Å². The summed E-state index contributed by atoms with van der Waals surface area (Å²) in [5, 5.41) is 3.06. The van der Waals surface area contributed by atoms with Crippen LogP contribution in [0.4, 0.5) is 19.0 Å². The molecule has 0 saturated carbocycles. The highest BCUT2D eigenvalue weighted by Gasteiger charge is 2.48. The summed E-state index contributed by atoms with van der Waals surface area (Å²) in [7, 11) is -4.42. The molecule has 0 aliphatic heterocycles. The Balaban J connectivity index is 1.77. The molecule has 0 spiro atoms. The first-order chi connectivity index (χ1) is 15.6. The van der Waals surface area contributed by atoms with Crippen LogP contribution in [-0.2, 0) is 21.3 Å². The number of hydrogen-bond donors (Lipinski definition) is 1. The molecule has 0 aliphatic carbocycles. The van der Waals surface area contributed by atoms with Gasteiger partial charge in [-0.15, -0.1) is 0 Å². The van der Waals surface area contributed by atoms with Crippen LogP contribution >= 0.6 is 0 Å². The van der Waals surface area contributed by atoms with E-state index >= 15 is 0 Å². The third-order valence-corrected chi connectivity index (χ3v) is 5.40. The van der Waals surface area contributed by atoms with Crippen LogP contribution in [0.15, 0.2) is 67.0 Å². The zero-order chi connectivity index (χ0) is 24.1. The highest BCUT2D eigenvalue weighted by Crippen LogP contribution is 2.28. The smallest absolute Gasteiger partial charge is 0.376 e. The molecule has 0 fully saturated rings. The lowest BCUT2D eigenvalue weighted by Crippen LogP contribution is -2.33. The summed E-state index contributed by atoms with van der Waals surface area (Å²) in [6, 6.07) is 15.2. The molecule has 2 N–H and O–H groups in total. The number of carbonyl (C=O) groups excluding carboxylic acids is 1. The SMILES string of the molecule is COC(=[OH+])C(Cc1ccccc1)Nc1cc(-c2ccc(OS(=O)(=O)C(F)(F)F)cc2)ncn1.